The highest BCUT2D eigenvalue weighted by Gasteiger charge is 2.34. The summed E-state index contributed by atoms with van der Waals surface area (Å²) in [4.78, 5) is 1.97. The van der Waals surface area contributed by atoms with Crippen LogP contribution in [0.15, 0.2) is 18.2 Å². The summed E-state index contributed by atoms with van der Waals surface area (Å²) in [6, 6.07) is 3.35. The van der Waals surface area contributed by atoms with Gasteiger partial charge in [0.25, 0.3) is 0 Å². The Kier molecular flexibility index (Phi) is 4.34. The molecule has 1 aliphatic rings. The Morgan fingerprint density at radius 1 is 1.20 bits per heavy atom. The van der Waals surface area contributed by atoms with E-state index in [0.717, 1.165) is 6.07 Å². The van der Waals surface area contributed by atoms with Crippen LogP contribution < -0.4 is 5.32 Å². The third-order valence-electron chi connectivity index (χ3n) is 3.40. The molecule has 2 nitrogen and oxygen atoms in total. The molecule has 0 aliphatic carbocycles. The van der Waals surface area contributed by atoms with E-state index >= 15 is 0 Å². The van der Waals surface area contributed by atoms with Gasteiger partial charge in [-0.2, -0.15) is 13.2 Å². The van der Waals surface area contributed by atoms with E-state index in [2.05, 4.69) is 5.32 Å². The van der Waals surface area contributed by atoms with Crippen molar-refractivity contribution < 1.29 is 17.6 Å². The predicted molar refractivity (Wildman–Crippen MR) is 68.7 cm³/mol. The zero-order chi connectivity index (χ0) is 14.9. The fourth-order valence-electron chi connectivity index (χ4n) is 2.76. The Morgan fingerprint density at radius 3 is 2.35 bits per heavy atom. The fourth-order valence-corrected chi connectivity index (χ4v) is 2.76. The minimum Gasteiger partial charge on any atom is -0.309 e. The van der Waals surface area contributed by atoms with Crippen molar-refractivity contribution in [2.75, 3.05) is 13.1 Å². The van der Waals surface area contributed by atoms with Gasteiger partial charge in [0.15, 0.2) is 0 Å². The molecule has 2 atom stereocenters. The van der Waals surface area contributed by atoms with Crippen molar-refractivity contribution in [2.45, 2.75) is 38.7 Å². The van der Waals surface area contributed by atoms with Crippen molar-refractivity contribution >= 4 is 0 Å². The monoisotopic (exact) mass is 290 g/mol. The maximum Gasteiger partial charge on any atom is 0.416 e. The number of nitrogens with one attached hydrogen (secondary N) is 1. The van der Waals surface area contributed by atoms with Gasteiger partial charge in [-0.3, -0.25) is 4.90 Å². The average molecular weight is 290 g/mol. The van der Waals surface area contributed by atoms with Gasteiger partial charge in [0.1, 0.15) is 5.82 Å². The van der Waals surface area contributed by atoms with Gasteiger partial charge in [0, 0.05) is 31.7 Å². The van der Waals surface area contributed by atoms with E-state index in [0.29, 0.717) is 19.2 Å². The first-order valence-electron chi connectivity index (χ1n) is 6.59. The molecule has 1 heterocycles. The zero-order valence-corrected chi connectivity index (χ0v) is 11.5. The van der Waals surface area contributed by atoms with Gasteiger partial charge < -0.3 is 5.32 Å². The molecule has 0 radical (unpaired) electrons. The Morgan fingerprint density at radius 2 is 1.80 bits per heavy atom. The molecule has 1 saturated heterocycles. The first-order valence-corrected chi connectivity index (χ1v) is 6.59. The van der Waals surface area contributed by atoms with Crippen LogP contribution in [0.5, 0.6) is 0 Å². The summed E-state index contributed by atoms with van der Waals surface area (Å²) in [6.45, 7) is 5.54. The van der Waals surface area contributed by atoms with Gasteiger partial charge >= 0.3 is 6.18 Å². The van der Waals surface area contributed by atoms with Crippen LogP contribution in [0.25, 0.3) is 0 Å². The third-order valence-corrected chi connectivity index (χ3v) is 3.40. The smallest absolute Gasteiger partial charge is 0.309 e. The minimum atomic E-state index is -4.53. The molecular weight excluding hydrogens is 272 g/mol. The molecule has 2 unspecified atom stereocenters. The summed E-state index contributed by atoms with van der Waals surface area (Å²) in [5, 5.41) is 3.33. The van der Waals surface area contributed by atoms with Crippen LogP contribution in [-0.4, -0.2) is 30.1 Å². The van der Waals surface area contributed by atoms with Gasteiger partial charge in [-0.15, -0.1) is 0 Å². The lowest BCUT2D eigenvalue weighted by atomic mass is 10.0. The normalized spacial score (nSPS) is 24.9. The van der Waals surface area contributed by atoms with E-state index in [1.54, 1.807) is 0 Å². The van der Waals surface area contributed by atoms with Gasteiger partial charge in [0.2, 0.25) is 0 Å². The molecule has 0 saturated carbocycles. The van der Waals surface area contributed by atoms with E-state index < -0.39 is 17.6 Å². The van der Waals surface area contributed by atoms with Crippen molar-refractivity contribution in [1.82, 2.24) is 10.2 Å². The SMILES string of the molecule is CC1CN(Cc2ccc(F)cc2C(F)(F)F)CC(C)N1. The van der Waals surface area contributed by atoms with E-state index in [1.807, 2.05) is 18.7 Å². The number of piperazine rings is 1. The molecular formula is C14H18F4N2. The Balaban J connectivity index is 2.21. The number of hydrogen-bond acceptors (Lipinski definition) is 2. The van der Waals surface area contributed by atoms with Gasteiger partial charge in [-0.05, 0) is 31.5 Å². The quantitative estimate of drug-likeness (QED) is 0.842. The zero-order valence-electron chi connectivity index (χ0n) is 11.5. The van der Waals surface area contributed by atoms with Crippen molar-refractivity contribution in [2.24, 2.45) is 0 Å². The molecule has 112 valence electrons. The van der Waals surface area contributed by atoms with E-state index in [9.17, 15) is 17.6 Å². The topological polar surface area (TPSA) is 15.3 Å². The largest absolute Gasteiger partial charge is 0.416 e. The number of rotatable bonds is 2. The lowest BCUT2D eigenvalue weighted by Gasteiger charge is -2.36. The second-order valence-electron chi connectivity index (χ2n) is 5.46. The van der Waals surface area contributed by atoms with Crippen LogP contribution in [-0.2, 0) is 12.7 Å². The molecule has 0 spiro atoms. The first kappa shape index (κ1) is 15.3. The number of benzene rings is 1. The van der Waals surface area contributed by atoms with Crippen LogP contribution in [0.2, 0.25) is 0 Å². The van der Waals surface area contributed by atoms with E-state index in [4.69, 9.17) is 0 Å². The van der Waals surface area contributed by atoms with Gasteiger partial charge in [0.05, 0.1) is 5.56 Å². The molecule has 0 amide bonds. The molecule has 20 heavy (non-hydrogen) atoms. The number of nitrogens with zero attached hydrogens (tertiary/aromatic N) is 1. The highest BCUT2D eigenvalue weighted by Crippen LogP contribution is 2.33. The van der Waals surface area contributed by atoms with Crippen molar-refractivity contribution in [3.8, 4) is 0 Å². The van der Waals surface area contributed by atoms with Gasteiger partial charge in [-0.1, -0.05) is 6.07 Å². The van der Waals surface area contributed by atoms with Crippen LogP contribution in [0.3, 0.4) is 0 Å². The lowest BCUT2D eigenvalue weighted by Crippen LogP contribution is -2.53. The van der Waals surface area contributed by atoms with Crippen molar-refractivity contribution in [3.05, 3.63) is 35.1 Å². The number of halogens is 4. The maximum atomic E-state index is 13.1. The molecule has 0 bridgehead atoms. The summed E-state index contributed by atoms with van der Waals surface area (Å²) in [7, 11) is 0. The Bertz CT molecular complexity index is 463. The molecule has 1 aliphatic heterocycles. The van der Waals surface area contributed by atoms with E-state index in [1.165, 1.54) is 6.07 Å². The standard InChI is InChI=1S/C14H18F4N2/c1-9-6-20(7-10(2)19-9)8-11-3-4-12(15)5-13(11)14(16,17)18/h3-5,9-10,19H,6-8H2,1-2H3. The Hall–Kier alpha value is -1.14. The Labute approximate surface area is 115 Å². The third kappa shape index (κ3) is 3.70. The van der Waals surface area contributed by atoms with Crippen LogP contribution in [0, 0.1) is 5.82 Å². The summed E-state index contributed by atoms with van der Waals surface area (Å²) in [5.74, 6) is -0.858. The minimum absolute atomic E-state index is 0.125. The molecule has 2 rings (SSSR count). The molecule has 0 aromatic heterocycles. The number of alkyl halides is 3. The van der Waals surface area contributed by atoms with Crippen LogP contribution in [0.1, 0.15) is 25.0 Å². The van der Waals surface area contributed by atoms with Crippen molar-refractivity contribution in [1.29, 1.82) is 0 Å². The van der Waals surface area contributed by atoms with Crippen molar-refractivity contribution in [3.63, 3.8) is 0 Å². The predicted octanol–water partition coefficient (Wildman–Crippen LogP) is 3.03. The maximum absolute atomic E-state index is 13.1. The fraction of sp³-hybridized carbons (Fsp3) is 0.571. The van der Waals surface area contributed by atoms with Crippen LogP contribution in [0.4, 0.5) is 17.6 Å². The summed E-state index contributed by atoms with van der Waals surface area (Å²) in [5.41, 5.74) is -0.753. The summed E-state index contributed by atoms with van der Waals surface area (Å²) >= 11 is 0. The van der Waals surface area contributed by atoms with Crippen LogP contribution >= 0.6 is 0 Å². The van der Waals surface area contributed by atoms with Gasteiger partial charge in [-0.25, -0.2) is 4.39 Å². The second kappa shape index (κ2) is 5.69. The number of hydrogen-bond donors (Lipinski definition) is 1. The molecule has 1 aromatic rings. The summed E-state index contributed by atoms with van der Waals surface area (Å²) in [6.07, 6.45) is -4.53. The lowest BCUT2D eigenvalue weighted by molar-refractivity contribution is -0.138. The average Bonchev–Trinajstić information content (AvgIpc) is 2.28. The first-order chi connectivity index (χ1) is 9.25. The highest BCUT2D eigenvalue weighted by atomic mass is 19.4. The molecule has 1 aromatic carbocycles. The van der Waals surface area contributed by atoms with E-state index in [-0.39, 0.29) is 24.2 Å². The highest BCUT2D eigenvalue weighted by molar-refractivity contribution is 5.30. The molecule has 6 heteroatoms. The molecule has 1 fully saturated rings. The summed E-state index contributed by atoms with van der Waals surface area (Å²) < 4.78 is 51.9. The second-order valence-corrected chi connectivity index (χ2v) is 5.46. The molecule has 1 N–H and O–H groups in total.